The number of benzene rings is 2. The van der Waals surface area contributed by atoms with Crippen LogP contribution < -0.4 is 10.1 Å². The van der Waals surface area contributed by atoms with E-state index in [4.69, 9.17) is 4.74 Å². The van der Waals surface area contributed by atoms with Crippen LogP contribution in [-0.2, 0) is 6.42 Å². The summed E-state index contributed by atoms with van der Waals surface area (Å²) in [5, 5.41) is 12.8. The van der Waals surface area contributed by atoms with Crippen LogP contribution >= 0.6 is 0 Å². The molecule has 2 N–H and O–H groups in total. The van der Waals surface area contributed by atoms with Gasteiger partial charge in [-0.25, -0.2) is 0 Å². The van der Waals surface area contributed by atoms with Crippen LogP contribution in [0.25, 0.3) is 0 Å². The molecule has 1 aliphatic heterocycles. The Morgan fingerprint density at radius 3 is 2.90 bits per heavy atom. The predicted octanol–water partition coefficient (Wildman–Crippen LogP) is 3.42. The molecule has 3 rings (SSSR count). The van der Waals surface area contributed by atoms with Crippen molar-refractivity contribution >= 4 is 5.69 Å². The third-order valence-electron chi connectivity index (χ3n) is 3.73. The van der Waals surface area contributed by atoms with Crippen LogP contribution in [0.15, 0.2) is 36.4 Å². The predicted molar refractivity (Wildman–Crippen MR) is 80.6 cm³/mol. The Labute approximate surface area is 119 Å². The van der Waals surface area contributed by atoms with E-state index in [1.54, 1.807) is 12.1 Å². The normalized spacial score (nSPS) is 17.0. The minimum atomic E-state index is 0.118. The van der Waals surface area contributed by atoms with E-state index in [9.17, 15) is 5.11 Å². The van der Waals surface area contributed by atoms with Gasteiger partial charge < -0.3 is 15.2 Å². The highest BCUT2D eigenvalue weighted by Crippen LogP contribution is 2.32. The van der Waals surface area contributed by atoms with Gasteiger partial charge in [0.05, 0.1) is 12.2 Å². The van der Waals surface area contributed by atoms with Crippen molar-refractivity contribution in [1.82, 2.24) is 0 Å². The number of ether oxygens (including phenoxy) is 1. The Bertz CT molecular complexity index is 637. The number of fused-ring (bicyclic) bond motifs is 1. The molecule has 0 fully saturated rings. The first-order valence-electron chi connectivity index (χ1n) is 6.91. The third-order valence-corrected chi connectivity index (χ3v) is 3.73. The second kappa shape index (κ2) is 5.08. The zero-order valence-corrected chi connectivity index (χ0v) is 11.8. The van der Waals surface area contributed by atoms with Gasteiger partial charge in [0.25, 0.3) is 0 Å². The van der Waals surface area contributed by atoms with Crippen molar-refractivity contribution in [1.29, 1.82) is 0 Å². The number of phenolic OH excluding ortho intramolecular Hbond substituents is 1. The summed E-state index contributed by atoms with van der Waals surface area (Å²) in [5.74, 6) is 1.07. The summed E-state index contributed by atoms with van der Waals surface area (Å²) in [5.41, 5.74) is 4.77. The van der Waals surface area contributed by atoms with E-state index >= 15 is 0 Å². The average molecular weight is 269 g/mol. The highest BCUT2D eigenvalue weighted by molar-refractivity contribution is 5.60. The minimum Gasteiger partial charge on any atom is -0.508 e. The standard InChI is InChI=1S/C17H19NO2/c1-11-3-4-12(2)13(7-11)8-15-10-18-16-9-14(19)5-6-17(16)20-15/h3-7,9,15,18-19H,8,10H2,1-2H3. The number of aryl methyl sites for hydroxylation is 2. The van der Waals surface area contributed by atoms with E-state index in [0.29, 0.717) is 0 Å². The van der Waals surface area contributed by atoms with Gasteiger partial charge in [0.15, 0.2) is 0 Å². The summed E-state index contributed by atoms with van der Waals surface area (Å²) >= 11 is 0. The largest absolute Gasteiger partial charge is 0.508 e. The fourth-order valence-corrected chi connectivity index (χ4v) is 2.58. The molecule has 0 radical (unpaired) electrons. The van der Waals surface area contributed by atoms with Gasteiger partial charge in [0.1, 0.15) is 17.6 Å². The first kappa shape index (κ1) is 12.9. The molecule has 0 amide bonds. The molecule has 104 valence electrons. The van der Waals surface area contributed by atoms with Gasteiger partial charge in [0, 0.05) is 12.5 Å². The third kappa shape index (κ3) is 2.57. The molecular formula is C17H19NO2. The summed E-state index contributed by atoms with van der Waals surface area (Å²) in [6.45, 7) is 5.00. The summed E-state index contributed by atoms with van der Waals surface area (Å²) in [6.07, 6.45) is 1.01. The summed E-state index contributed by atoms with van der Waals surface area (Å²) in [6, 6.07) is 11.7. The molecule has 1 aliphatic rings. The Morgan fingerprint density at radius 2 is 2.05 bits per heavy atom. The molecule has 1 unspecified atom stereocenters. The van der Waals surface area contributed by atoms with Crippen LogP contribution in [-0.4, -0.2) is 17.8 Å². The Kier molecular flexibility index (Phi) is 3.26. The summed E-state index contributed by atoms with van der Waals surface area (Å²) in [4.78, 5) is 0. The first-order valence-corrected chi connectivity index (χ1v) is 6.91. The van der Waals surface area contributed by atoms with Gasteiger partial charge in [-0.2, -0.15) is 0 Å². The molecule has 0 aliphatic carbocycles. The minimum absolute atomic E-state index is 0.118. The fourth-order valence-electron chi connectivity index (χ4n) is 2.58. The second-order valence-electron chi connectivity index (χ2n) is 5.44. The van der Waals surface area contributed by atoms with Crippen LogP contribution in [0.4, 0.5) is 5.69 Å². The Hall–Kier alpha value is -2.16. The van der Waals surface area contributed by atoms with E-state index < -0.39 is 0 Å². The van der Waals surface area contributed by atoms with Crippen molar-refractivity contribution in [3.05, 3.63) is 53.1 Å². The molecular weight excluding hydrogens is 250 g/mol. The quantitative estimate of drug-likeness (QED) is 0.877. The lowest BCUT2D eigenvalue weighted by Crippen LogP contribution is -2.32. The van der Waals surface area contributed by atoms with Gasteiger partial charge in [-0.05, 0) is 37.1 Å². The average Bonchev–Trinajstić information content (AvgIpc) is 2.43. The van der Waals surface area contributed by atoms with Gasteiger partial charge in [-0.1, -0.05) is 23.8 Å². The molecule has 0 saturated carbocycles. The van der Waals surface area contributed by atoms with E-state index in [1.165, 1.54) is 16.7 Å². The SMILES string of the molecule is Cc1ccc(C)c(CC2CNc3cc(O)ccc3O2)c1. The van der Waals surface area contributed by atoms with Crippen LogP contribution in [0.1, 0.15) is 16.7 Å². The zero-order chi connectivity index (χ0) is 14.1. The maximum absolute atomic E-state index is 9.46. The van der Waals surface area contributed by atoms with Crippen molar-refractivity contribution in [2.24, 2.45) is 0 Å². The second-order valence-corrected chi connectivity index (χ2v) is 5.44. The maximum atomic E-state index is 9.46. The van der Waals surface area contributed by atoms with Crippen LogP contribution in [0.3, 0.4) is 0 Å². The molecule has 0 aromatic heterocycles. The van der Waals surface area contributed by atoms with Gasteiger partial charge in [-0.3, -0.25) is 0 Å². The smallest absolute Gasteiger partial charge is 0.143 e. The lowest BCUT2D eigenvalue weighted by atomic mass is 9.99. The van der Waals surface area contributed by atoms with Gasteiger partial charge in [0.2, 0.25) is 0 Å². The molecule has 1 heterocycles. The zero-order valence-electron chi connectivity index (χ0n) is 11.8. The maximum Gasteiger partial charge on any atom is 0.143 e. The monoisotopic (exact) mass is 269 g/mol. The van der Waals surface area contributed by atoms with Crippen molar-refractivity contribution in [3.63, 3.8) is 0 Å². The molecule has 3 heteroatoms. The number of rotatable bonds is 2. The molecule has 2 aromatic rings. The first-order chi connectivity index (χ1) is 9.61. The van der Waals surface area contributed by atoms with Gasteiger partial charge >= 0.3 is 0 Å². The number of anilines is 1. The molecule has 3 nitrogen and oxygen atoms in total. The molecule has 20 heavy (non-hydrogen) atoms. The molecule has 0 saturated heterocycles. The lowest BCUT2D eigenvalue weighted by molar-refractivity contribution is 0.206. The van der Waals surface area contributed by atoms with Crippen molar-refractivity contribution in [3.8, 4) is 11.5 Å². The number of nitrogens with one attached hydrogen (secondary N) is 1. The molecule has 0 spiro atoms. The van der Waals surface area contributed by atoms with E-state index in [-0.39, 0.29) is 11.9 Å². The van der Waals surface area contributed by atoms with Crippen LogP contribution in [0, 0.1) is 13.8 Å². The highest BCUT2D eigenvalue weighted by atomic mass is 16.5. The number of hydrogen-bond acceptors (Lipinski definition) is 3. The van der Waals surface area contributed by atoms with E-state index in [1.807, 2.05) is 6.07 Å². The van der Waals surface area contributed by atoms with E-state index in [2.05, 4.69) is 37.4 Å². The molecule has 1 atom stereocenters. The van der Waals surface area contributed by atoms with Crippen LogP contribution in [0.2, 0.25) is 0 Å². The summed E-state index contributed by atoms with van der Waals surface area (Å²) in [7, 11) is 0. The van der Waals surface area contributed by atoms with Crippen molar-refractivity contribution in [2.45, 2.75) is 26.4 Å². The fraction of sp³-hybridized carbons (Fsp3) is 0.294. The molecule has 0 bridgehead atoms. The van der Waals surface area contributed by atoms with Crippen molar-refractivity contribution in [2.75, 3.05) is 11.9 Å². The van der Waals surface area contributed by atoms with Gasteiger partial charge in [-0.15, -0.1) is 0 Å². The summed E-state index contributed by atoms with van der Waals surface area (Å²) < 4.78 is 6.01. The Morgan fingerprint density at radius 1 is 1.20 bits per heavy atom. The number of phenols is 1. The number of aromatic hydroxyl groups is 1. The van der Waals surface area contributed by atoms with Crippen LogP contribution in [0.5, 0.6) is 11.5 Å². The Balaban J connectivity index is 1.77. The number of hydrogen-bond donors (Lipinski definition) is 2. The highest BCUT2D eigenvalue weighted by Gasteiger charge is 2.20. The lowest BCUT2D eigenvalue weighted by Gasteiger charge is -2.28. The van der Waals surface area contributed by atoms with Crippen molar-refractivity contribution < 1.29 is 9.84 Å². The van der Waals surface area contributed by atoms with E-state index in [0.717, 1.165) is 24.4 Å². The topological polar surface area (TPSA) is 41.5 Å². The molecule has 2 aromatic carbocycles.